The summed E-state index contributed by atoms with van der Waals surface area (Å²) >= 11 is 0. The molecule has 0 spiro atoms. The van der Waals surface area contributed by atoms with Gasteiger partial charge in [-0.15, -0.1) is 0 Å². The average molecular weight is 315 g/mol. The predicted octanol–water partition coefficient (Wildman–Crippen LogP) is -3.21. The van der Waals surface area contributed by atoms with E-state index in [9.17, 15) is 0 Å². The molecule has 0 unspecified atom stereocenters. The molecule has 0 amide bonds. The van der Waals surface area contributed by atoms with Crippen molar-refractivity contribution in [1.82, 2.24) is 9.97 Å². The van der Waals surface area contributed by atoms with E-state index in [1.54, 1.807) is 12.4 Å². The Hall–Kier alpha value is -0.861. The Kier molecular flexibility index (Phi) is 6.43. The molecular formula is C12H8Cl2CuN2-2. The fourth-order valence-electron chi connectivity index (χ4n) is 1.68. The monoisotopic (exact) mass is 313 g/mol. The molecule has 17 heavy (non-hydrogen) atoms. The van der Waals surface area contributed by atoms with Gasteiger partial charge in [0.25, 0.3) is 0 Å². The Labute approximate surface area is 122 Å². The topological polar surface area (TPSA) is 25.8 Å². The number of fused-ring (bicyclic) bond motifs is 3. The van der Waals surface area contributed by atoms with Crippen LogP contribution in [0.2, 0.25) is 0 Å². The van der Waals surface area contributed by atoms with Crippen LogP contribution < -0.4 is 24.8 Å². The van der Waals surface area contributed by atoms with Crippen LogP contribution in [0.15, 0.2) is 48.8 Å². The summed E-state index contributed by atoms with van der Waals surface area (Å²) in [4.78, 5) is 8.69. The summed E-state index contributed by atoms with van der Waals surface area (Å²) in [6.07, 6.45) is 3.60. The average Bonchev–Trinajstić information content (AvgIpc) is 2.29. The molecule has 3 rings (SSSR count). The number of pyridine rings is 2. The first-order valence-corrected chi connectivity index (χ1v) is 4.53. The fourth-order valence-corrected chi connectivity index (χ4v) is 1.68. The minimum Gasteiger partial charge on any atom is -1.00 e. The van der Waals surface area contributed by atoms with E-state index < -0.39 is 0 Å². The molecule has 2 aromatic heterocycles. The van der Waals surface area contributed by atoms with E-state index in [-0.39, 0.29) is 41.9 Å². The van der Waals surface area contributed by atoms with Gasteiger partial charge in [-0.2, -0.15) is 0 Å². The van der Waals surface area contributed by atoms with E-state index in [4.69, 9.17) is 0 Å². The first-order chi connectivity index (χ1) is 6.95. The molecule has 0 saturated carbocycles. The van der Waals surface area contributed by atoms with Gasteiger partial charge in [0, 0.05) is 40.2 Å². The quantitative estimate of drug-likeness (QED) is 0.322. The van der Waals surface area contributed by atoms with E-state index in [2.05, 4.69) is 34.2 Å². The van der Waals surface area contributed by atoms with E-state index in [0.717, 1.165) is 21.8 Å². The molecule has 0 aliphatic carbocycles. The van der Waals surface area contributed by atoms with E-state index in [0.29, 0.717) is 0 Å². The Bertz CT molecular complexity index is 561. The SMILES string of the molecule is [Cl-].[Cl-].[Cu].c1cnc2c(c1)ccc1cccnc12. The minimum absolute atomic E-state index is 0. The zero-order valence-corrected chi connectivity index (χ0v) is 11.0. The number of nitrogens with zero attached hydrogens (tertiary/aromatic N) is 2. The van der Waals surface area contributed by atoms with Gasteiger partial charge < -0.3 is 24.8 Å². The third-order valence-corrected chi connectivity index (χ3v) is 2.34. The van der Waals surface area contributed by atoms with Gasteiger partial charge in [0.05, 0.1) is 11.0 Å². The van der Waals surface area contributed by atoms with Crippen molar-refractivity contribution in [3.63, 3.8) is 0 Å². The smallest absolute Gasteiger partial charge is 0.0964 e. The first-order valence-electron chi connectivity index (χ1n) is 4.53. The summed E-state index contributed by atoms with van der Waals surface area (Å²) < 4.78 is 0. The van der Waals surface area contributed by atoms with Crippen molar-refractivity contribution in [3.05, 3.63) is 48.8 Å². The van der Waals surface area contributed by atoms with Crippen LogP contribution in [0.25, 0.3) is 21.8 Å². The van der Waals surface area contributed by atoms with Crippen molar-refractivity contribution in [2.75, 3.05) is 0 Å². The molecule has 0 fully saturated rings. The van der Waals surface area contributed by atoms with Gasteiger partial charge in [0.2, 0.25) is 0 Å². The maximum Gasteiger partial charge on any atom is 0.0964 e. The summed E-state index contributed by atoms with van der Waals surface area (Å²) in [5.74, 6) is 0. The Morgan fingerprint density at radius 1 is 0.647 bits per heavy atom. The Morgan fingerprint density at radius 2 is 1.06 bits per heavy atom. The maximum atomic E-state index is 4.35. The van der Waals surface area contributed by atoms with Crippen molar-refractivity contribution >= 4 is 21.8 Å². The molecule has 0 aliphatic heterocycles. The van der Waals surface area contributed by atoms with Crippen LogP contribution in [0.4, 0.5) is 0 Å². The molecule has 93 valence electrons. The molecular weight excluding hydrogens is 307 g/mol. The molecule has 0 aliphatic rings. The van der Waals surface area contributed by atoms with E-state index in [1.807, 2.05) is 12.1 Å². The van der Waals surface area contributed by atoms with Gasteiger partial charge in [-0.25, -0.2) is 0 Å². The fraction of sp³-hybridized carbons (Fsp3) is 0. The first kappa shape index (κ1) is 16.1. The number of rotatable bonds is 0. The number of aromatic nitrogens is 2. The molecule has 1 aromatic carbocycles. The zero-order valence-electron chi connectivity index (χ0n) is 8.57. The molecule has 0 bridgehead atoms. The summed E-state index contributed by atoms with van der Waals surface area (Å²) in [6.45, 7) is 0. The van der Waals surface area contributed by atoms with Crippen LogP contribution in [0, 0.1) is 0 Å². The molecule has 1 radical (unpaired) electrons. The van der Waals surface area contributed by atoms with E-state index in [1.165, 1.54) is 0 Å². The van der Waals surface area contributed by atoms with Crippen LogP contribution >= 0.6 is 0 Å². The zero-order chi connectivity index (χ0) is 9.38. The van der Waals surface area contributed by atoms with Gasteiger partial charge >= 0.3 is 0 Å². The molecule has 0 N–H and O–H groups in total. The van der Waals surface area contributed by atoms with Crippen molar-refractivity contribution in [3.8, 4) is 0 Å². The summed E-state index contributed by atoms with van der Waals surface area (Å²) in [5, 5.41) is 2.28. The van der Waals surface area contributed by atoms with Gasteiger partial charge in [-0.3, -0.25) is 9.97 Å². The molecule has 3 aromatic rings. The number of hydrogen-bond donors (Lipinski definition) is 0. The molecule has 0 saturated heterocycles. The van der Waals surface area contributed by atoms with Crippen LogP contribution in [0.3, 0.4) is 0 Å². The van der Waals surface area contributed by atoms with Crippen LogP contribution in [0.5, 0.6) is 0 Å². The third-order valence-electron chi connectivity index (χ3n) is 2.34. The van der Waals surface area contributed by atoms with Crippen molar-refractivity contribution in [2.24, 2.45) is 0 Å². The number of benzene rings is 1. The van der Waals surface area contributed by atoms with Crippen LogP contribution in [-0.4, -0.2) is 9.97 Å². The summed E-state index contributed by atoms with van der Waals surface area (Å²) in [7, 11) is 0. The van der Waals surface area contributed by atoms with Crippen molar-refractivity contribution < 1.29 is 41.9 Å². The number of hydrogen-bond acceptors (Lipinski definition) is 2. The maximum absolute atomic E-state index is 4.35. The molecule has 2 nitrogen and oxygen atoms in total. The number of halogens is 2. The van der Waals surface area contributed by atoms with Gasteiger partial charge in [0.1, 0.15) is 0 Å². The van der Waals surface area contributed by atoms with Gasteiger partial charge in [-0.05, 0) is 12.1 Å². The molecule has 2 heterocycles. The van der Waals surface area contributed by atoms with Gasteiger partial charge in [-0.1, -0.05) is 24.3 Å². The standard InChI is InChI=1S/C12H8N2.2ClH.Cu/c1-3-9-5-6-10-4-2-8-14-12(10)11(9)13-7-1;;;/h1-8H;2*1H;/p-2. The predicted molar refractivity (Wildman–Crippen MR) is 57.0 cm³/mol. The summed E-state index contributed by atoms with van der Waals surface area (Å²) in [5.41, 5.74) is 1.95. The minimum atomic E-state index is 0. The second-order valence-corrected chi connectivity index (χ2v) is 3.22. The van der Waals surface area contributed by atoms with Crippen LogP contribution in [0.1, 0.15) is 0 Å². The second-order valence-electron chi connectivity index (χ2n) is 3.22. The normalized spacial score (nSPS) is 8.94. The molecule has 5 heteroatoms. The largest absolute Gasteiger partial charge is 1.00 e. The van der Waals surface area contributed by atoms with E-state index >= 15 is 0 Å². The molecule has 0 atom stereocenters. The third kappa shape index (κ3) is 2.88. The van der Waals surface area contributed by atoms with Crippen molar-refractivity contribution in [2.45, 2.75) is 0 Å². The van der Waals surface area contributed by atoms with Crippen LogP contribution in [-0.2, 0) is 17.1 Å². The Morgan fingerprint density at radius 3 is 1.47 bits per heavy atom. The van der Waals surface area contributed by atoms with Crippen molar-refractivity contribution in [1.29, 1.82) is 0 Å². The van der Waals surface area contributed by atoms with Gasteiger partial charge in [0.15, 0.2) is 0 Å². The Balaban J connectivity index is 0.000000853. The second kappa shape index (κ2) is 6.77. The summed E-state index contributed by atoms with van der Waals surface area (Å²) in [6, 6.07) is 12.1.